The molecule has 1 fully saturated rings. The molecule has 0 aromatic heterocycles. The van der Waals surface area contributed by atoms with Crippen molar-refractivity contribution in [1.82, 2.24) is 0 Å². The Morgan fingerprint density at radius 1 is 1.38 bits per heavy atom. The number of ether oxygens (including phenoxy) is 1. The third-order valence-corrected chi connectivity index (χ3v) is 2.87. The van der Waals surface area contributed by atoms with Crippen LogP contribution in [0.2, 0.25) is 0 Å². The lowest BCUT2D eigenvalue weighted by Crippen LogP contribution is -2.30. The number of hydrogen-bond donors (Lipinski definition) is 0. The highest BCUT2D eigenvalue weighted by Crippen LogP contribution is 2.35. The Morgan fingerprint density at radius 3 is 2.54 bits per heavy atom. The SMILES string of the molecule is CC(C)=CC(C)(C)C1CCCOC1. The van der Waals surface area contributed by atoms with E-state index in [2.05, 4.69) is 33.8 Å². The highest BCUT2D eigenvalue weighted by atomic mass is 16.5. The highest BCUT2D eigenvalue weighted by Gasteiger charge is 2.28. The van der Waals surface area contributed by atoms with Gasteiger partial charge in [0.05, 0.1) is 6.61 Å². The van der Waals surface area contributed by atoms with Gasteiger partial charge in [-0.2, -0.15) is 0 Å². The normalized spacial score (nSPS) is 24.2. The molecule has 1 unspecified atom stereocenters. The van der Waals surface area contributed by atoms with Gasteiger partial charge in [0, 0.05) is 6.61 Å². The Balaban J connectivity index is 2.61. The third-order valence-electron chi connectivity index (χ3n) is 2.87. The molecule has 1 nitrogen and oxygen atoms in total. The van der Waals surface area contributed by atoms with E-state index in [9.17, 15) is 0 Å². The summed E-state index contributed by atoms with van der Waals surface area (Å²) in [5, 5.41) is 0. The van der Waals surface area contributed by atoms with Crippen molar-refractivity contribution in [1.29, 1.82) is 0 Å². The van der Waals surface area contributed by atoms with E-state index in [0.29, 0.717) is 11.3 Å². The Bertz CT molecular complexity index is 181. The van der Waals surface area contributed by atoms with Gasteiger partial charge in [0.15, 0.2) is 0 Å². The maximum atomic E-state index is 5.52. The Labute approximate surface area is 82.2 Å². The minimum atomic E-state index is 0.305. The maximum absolute atomic E-state index is 5.52. The van der Waals surface area contributed by atoms with Crippen LogP contribution in [0.4, 0.5) is 0 Å². The minimum absolute atomic E-state index is 0.305. The van der Waals surface area contributed by atoms with Crippen LogP contribution in [0.1, 0.15) is 40.5 Å². The predicted molar refractivity (Wildman–Crippen MR) is 56.8 cm³/mol. The fourth-order valence-electron chi connectivity index (χ4n) is 2.19. The molecule has 0 aliphatic carbocycles. The largest absolute Gasteiger partial charge is 0.381 e. The van der Waals surface area contributed by atoms with Gasteiger partial charge >= 0.3 is 0 Å². The molecule has 13 heavy (non-hydrogen) atoms. The standard InChI is InChI=1S/C12H22O/c1-10(2)8-12(3,4)11-6-5-7-13-9-11/h8,11H,5-7,9H2,1-4H3. The van der Waals surface area contributed by atoms with E-state index in [0.717, 1.165) is 13.2 Å². The first kappa shape index (κ1) is 10.8. The molecule has 1 aliphatic rings. The average Bonchev–Trinajstić information content (AvgIpc) is 2.04. The van der Waals surface area contributed by atoms with E-state index in [1.807, 2.05) is 0 Å². The molecule has 1 atom stereocenters. The van der Waals surface area contributed by atoms with Crippen LogP contribution in [-0.4, -0.2) is 13.2 Å². The summed E-state index contributed by atoms with van der Waals surface area (Å²) in [5.74, 6) is 0.705. The third kappa shape index (κ3) is 3.15. The van der Waals surface area contributed by atoms with Crippen molar-refractivity contribution in [3.63, 3.8) is 0 Å². The lowest BCUT2D eigenvalue weighted by Gasteiger charge is -2.35. The Morgan fingerprint density at radius 2 is 2.08 bits per heavy atom. The molecule has 0 radical (unpaired) electrons. The molecule has 1 rings (SSSR count). The van der Waals surface area contributed by atoms with E-state index < -0.39 is 0 Å². The van der Waals surface area contributed by atoms with Crippen LogP contribution in [0.25, 0.3) is 0 Å². The molecule has 0 saturated carbocycles. The summed E-state index contributed by atoms with van der Waals surface area (Å²) in [7, 11) is 0. The summed E-state index contributed by atoms with van der Waals surface area (Å²) >= 11 is 0. The monoisotopic (exact) mass is 182 g/mol. The second-order valence-electron chi connectivity index (χ2n) is 4.96. The number of hydrogen-bond acceptors (Lipinski definition) is 1. The van der Waals surface area contributed by atoms with E-state index in [4.69, 9.17) is 4.74 Å². The second-order valence-corrected chi connectivity index (χ2v) is 4.96. The fraction of sp³-hybridized carbons (Fsp3) is 0.833. The summed E-state index contributed by atoms with van der Waals surface area (Å²) in [6, 6.07) is 0. The van der Waals surface area contributed by atoms with Crippen LogP contribution < -0.4 is 0 Å². The molecular formula is C12H22O. The molecule has 1 heterocycles. The predicted octanol–water partition coefficient (Wildman–Crippen LogP) is 3.41. The average molecular weight is 182 g/mol. The summed E-state index contributed by atoms with van der Waals surface area (Å²) < 4.78 is 5.52. The molecule has 0 N–H and O–H groups in total. The molecule has 0 amide bonds. The molecule has 0 aromatic rings. The van der Waals surface area contributed by atoms with Crippen molar-refractivity contribution in [3.05, 3.63) is 11.6 Å². The van der Waals surface area contributed by atoms with E-state index in [1.165, 1.54) is 18.4 Å². The van der Waals surface area contributed by atoms with Gasteiger partial charge in [0.25, 0.3) is 0 Å². The first-order chi connectivity index (χ1) is 6.02. The number of rotatable bonds is 2. The molecular weight excluding hydrogens is 160 g/mol. The van der Waals surface area contributed by atoms with Gasteiger partial charge in [-0.25, -0.2) is 0 Å². The molecule has 0 spiro atoms. The van der Waals surface area contributed by atoms with Gasteiger partial charge in [0.2, 0.25) is 0 Å². The maximum Gasteiger partial charge on any atom is 0.0502 e. The summed E-state index contributed by atoms with van der Waals surface area (Å²) in [6.45, 7) is 10.9. The van der Waals surface area contributed by atoms with E-state index >= 15 is 0 Å². The first-order valence-electron chi connectivity index (χ1n) is 5.26. The molecule has 0 bridgehead atoms. The summed E-state index contributed by atoms with van der Waals surface area (Å²) in [5.41, 5.74) is 1.72. The van der Waals surface area contributed by atoms with Gasteiger partial charge in [-0.3, -0.25) is 0 Å². The van der Waals surface area contributed by atoms with Crippen LogP contribution in [0.15, 0.2) is 11.6 Å². The van der Waals surface area contributed by atoms with Gasteiger partial charge in [-0.05, 0) is 38.0 Å². The van der Waals surface area contributed by atoms with Crippen molar-refractivity contribution in [3.8, 4) is 0 Å². The van der Waals surface area contributed by atoms with Crippen molar-refractivity contribution < 1.29 is 4.74 Å². The van der Waals surface area contributed by atoms with Gasteiger partial charge in [-0.1, -0.05) is 25.5 Å². The van der Waals surface area contributed by atoms with Crippen LogP contribution in [0, 0.1) is 11.3 Å². The quantitative estimate of drug-likeness (QED) is 0.595. The summed E-state index contributed by atoms with van der Waals surface area (Å²) in [6.07, 6.45) is 4.92. The molecule has 1 heteroatoms. The molecule has 1 aliphatic heterocycles. The van der Waals surface area contributed by atoms with Gasteiger partial charge in [0.1, 0.15) is 0 Å². The highest BCUT2D eigenvalue weighted by molar-refractivity contribution is 5.04. The minimum Gasteiger partial charge on any atom is -0.381 e. The van der Waals surface area contributed by atoms with E-state index in [-0.39, 0.29) is 0 Å². The van der Waals surface area contributed by atoms with Crippen molar-refractivity contribution in [2.45, 2.75) is 40.5 Å². The topological polar surface area (TPSA) is 9.23 Å². The summed E-state index contributed by atoms with van der Waals surface area (Å²) in [4.78, 5) is 0. The Hall–Kier alpha value is -0.300. The van der Waals surface area contributed by atoms with E-state index in [1.54, 1.807) is 0 Å². The second kappa shape index (κ2) is 4.28. The van der Waals surface area contributed by atoms with Crippen LogP contribution in [0.3, 0.4) is 0 Å². The van der Waals surface area contributed by atoms with Crippen molar-refractivity contribution >= 4 is 0 Å². The van der Waals surface area contributed by atoms with Crippen LogP contribution >= 0.6 is 0 Å². The smallest absolute Gasteiger partial charge is 0.0502 e. The van der Waals surface area contributed by atoms with Gasteiger partial charge < -0.3 is 4.74 Å². The zero-order chi connectivity index (χ0) is 9.90. The zero-order valence-electron chi connectivity index (χ0n) is 9.39. The Kier molecular flexibility index (Phi) is 3.55. The molecule has 76 valence electrons. The first-order valence-corrected chi connectivity index (χ1v) is 5.26. The molecule has 0 aromatic carbocycles. The lowest BCUT2D eigenvalue weighted by molar-refractivity contribution is 0.0188. The van der Waals surface area contributed by atoms with Crippen LogP contribution in [0.5, 0.6) is 0 Å². The van der Waals surface area contributed by atoms with Crippen molar-refractivity contribution in [2.24, 2.45) is 11.3 Å². The van der Waals surface area contributed by atoms with Crippen LogP contribution in [-0.2, 0) is 4.74 Å². The lowest BCUT2D eigenvalue weighted by atomic mass is 9.75. The fourth-order valence-corrected chi connectivity index (χ4v) is 2.19. The number of allylic oxidation sites excluding steroid dienone is 2. The zero-order valence-corrected chi connectivity index (χ0v) is 9.39. The van der Waals surface area contributed by atoms with Gasteiger partial charge in [-0.15, -0.1) is 0 Å². The molecule has 1 saturated heterocycles. The van der Waals surface area contributed by atoms with Crippen molar-refractivity contribution in [2.75, 3.05) is 13.2 Å².